The monoisotopic (exact) mass is 263 g/mol. The van der Waals surface area contributed by atoms with Crippen LogP contribution >= 0.6 is 0 Å². The van der Waals surface area contributed by atoms with E-state index in [4.69, 9.17) is 9.47 Å². The summed E-state index contributed by atoms with van der Waals surface area (Å²) in [6.45, 7) is 7.29. The fourth-order valence-electron chi connectivity index (χ4n) is 2.14. The highest BCUT2D eigenvalue weighted by atomic mass is 16.5. The molecule has 1 aromatic rings. The fourth-order valence-corrected chi connectivity index (χ4v) is 2.14. The van der Waals surface area contributed by atoms with Crippen LogP contribution in [0.25, 0.3) is 0 Å². The van der Waals surface area contributed by atoms with E-state index in [-0.39, 0.29) is 24.7 Å². The Morgan fingerprint density at radius 2 is 2.26 bits per heavy atom. The zero-order valence-electron chi connectivity index (χ0n) is 11.8. The summed E-state index contributed by atoms with van der Waals surface area (Å²) in [5, 5.41) is 0. The lowest BCUT2D eigenvalue weighted by Crippen LogP contribution is -2.51. The maximum Gasteiger partial charge on any atom is 0.248 e. The van der Waals surface area contributed by atoms with Gasteiger partial charge in [-0.3, -0.25) is 4.79 Å². The molecule has 0 radical (unpaired) electrons. The molecule has 0 saturated carbocycles. The number of ether oxygens (including phenoxy) is 2. The van der Waals surface area contributed by atoms with Crippen molar-refractivity contribution in [2.75, 3.05) is 19.8 Å². The summed E-state index contributed by atoms with van der Waals surface area (Å²) >= 11 is 0. The van der Waals surface area contributed by atoms with Crippen LogP contribution in [0.1, 0.15) is 19.4 Å². The van der Waals surface area contributed by atoms with Crippen molar-refractivity contribution in [1.82, 2.24) is 4.90 Å². The highest BCUT2D eigenvalue weighted by Crippen LogP contribution is 2.15. The Labute approximate surface area is 114 Å². The predicted octanol–water partition coefficient (Wildman–Crippen LogP) is 2.01. The van der Waals surface area contributed by atoms with Crippen molar-refractivity contribution in [3.63, 3.8) is 0 Å². The first-order chi connectivity index (χ1) is 9.06. The predicted molar refractivity (Wildman–Crippen MR) is 73.3 cm³/mol. The van der Waals surface area contributed by atoms with Gasteiger partial charge in [-0.1, -0.05) is 12.1 Å². The standard InChI is InChI=1S/C15H21NO3/c1-11(2)16-8-14(19-10-15(16)17)9-18-13-6-4-5-12(3)7-13/h4-7,11,14H,8-10H2,1-3H3/t14-/m1/s1. The van der Waals surface area contributed by atoms with Crippen LogP contribution in [-0.4, -0.2) is 42.7 Å². The summed E-state index contributed by atoms with van der Waals surface area (Å²) in [6, 6.07) is 8.13. The van der Waals surface area contributed by atoms with E-state index in [1.54, 1.807) is 0 Å². The Hall–Kier alpha value is -1.55. The molecule has 0 unspecified atom stereocenters. The van der Waals surface area contributed by atoms with Crippen molar-refractivity contribution < 1.29 is 14.3 Å². The Morgan fingerprint density at radius 3 is 2.95 bits per heavy atom. The molecule has 1 aliphatic rings. The molecule has 0 aromatic heterocycles. The highest BCUT2D eigenvalue weighted by molar-refractivity contribution is 5.78. The Balaban J connectivity index is 1.88. The normalized spacial score (nSPS) is 19.9. The van der Waals surface area contributed by atoms with Gasteiger partial charge in [0, 0.05) is 6.04 Å². The van der Waals surface area contributed by atoms with Gasteiger partial charge < -0.3 is 14.4 Å². The summed E-state index contributed by atoms with van der Waals surface area (Å²) in [7, 11) is 0. The molecular formula is C15H21NO3. The average molecular weight is 263 g/mol. The van der Waals surface area contributed by atoms with Crippen molar-refractivity contribution in [3.05, 3.63) is 29.8 Å². The zero-order chi connectivity index (χ0) is 13.8. The van der Waals surface area contributed by atoms with Crippen LogP contribution in [0.2, 0.25) is 0 Å². The molecular weight excluding hydrogens is 242 g/mol. The number of carbonyl (C=O) groups excluding carboxylic acids is 1. The summed E-state index contributed by atoms with van der Waals surface area (Å²) in [4.78, 5) is 13.5. The van der Waals surface area contributed by atoms with Gasteiger partial charge in [-0.15, -0.1) is 0 Å². The summed E-state index contributed by atoms with van der Waals surface area (Å²) in [5.41, 5.74) is 1.17. The third-order valence-electron chi connectivity index (χ3n) is 3.21. The van der Waals surface area contributed by atoms with Crippen molar-refractivity contribution in [1.29, 1.82) is 0 Å². The minimum atomic E-state index is -0.0550. The molecule has 104 valence electrons. The second-order valence-electron chi connectivity index (χ2n) is 5.20. The first kappa shape index (κ1) is 13.9. The number of rotatable bonds is 4. The summed E-state index contributed by atoms with van der Waals surface area (Å²) in [5.74, 6) is 0.901. The van der Waals surface area contributed by atoms with Crippen molar-refractivity contribution in [2.24, 2.45) is 0 Å². The molecule has 1 fully saturated rings. The minimum Gasteiger partial charge on any atom is -0.491 e. The smallest absolute Gasteiger partial charge is 0.248 e. The van der Waals surface area contributed by atoms with E-state index >= 15 is 0 Å². The number of amides is 1. The van der Waals surface area contributed by atoms with Gasteiger partial charge in [-0.05, 0) is 38.5 Å². The van der Waals surface area contributed by atoms with Crippen molar-refractivity contribution in [3.8, 4) is 5.75 Å². The van der Waals surface area contributed by atoms with Crippen LogP contribution in [-0.2, 0) is 9.53 Å². The molecule has 1 atom stereocenters. The second-order valence-corrected chi connectivity index (χ2v) is 5.20. The van der Waals surface area contributed by atoms with Gasteiger partial charge in [0.05, 0.1) is 6.54 Å². The molecule has 1 aliphatic heterocycles. The molecule has 4 nitrogen and oxygen atoms in total. The van der Waals surface area contributed by atoms with E-state index in [9.17, 15) is 4.79 Å². The molecule has 1 saturated heterocycles. The number of morpholine rings is 1. The maximum atomic E-state index is 11.7. The molecule has 19 heavy (non-hydrogen) atoms. The molecule has 0 N–H and O–H groups in total. The number of benzene rings is 1. The topological polar surface area (TPSA) is 38.8 Å². The Bertz CT molecular complexity index is 445. The molecule has 1 aromatic carbocycles. The summed E-state index contributed by atoms with van der Waals surface area (Å²) in [6.07, 6.45) is -0.0550. The van der Waals surface area contributed by atoms with Crippen LogP contribution in [0.15, 0.2) is 24.3 Å². The van der Waals surface area contributed by atoms with E-state index < -0.39 is 0 Å². The first-order valence-electron chi connectivity index (χ1n) is 6.67. The second kappa shape index (κ2) is 6.06. The molecule has 4 heteroatoms. The van der Waals surface area contributed by atoms with Gasteiger partial charge in [0.25, 0.3) is 0 Å². The number of nitrogens with zero attached hydrogens (tertiary/aromatic N) is 1. The maximum absolute atomic E-state index is 11.7. The Morgan fingerprint density at radius 1 is 1.47 bits per heavy atom. The first-order valence-corrected chi connectivity index (χ1v) is 6.67. The van der Waals surface area contributed by atoms with Crippen LogP contribution in [0, 0.1) is 6.92 Å². The van der Waals surface area contributed by atoms with Crippen LogP contribution in [0.3, 0.4) is 0 Å². The van der Waals surface area contributed by atoms with E-state index in [0.29, 0.717) is 13.2 Å². The van der Waals surface area contributed by atoms with Gasteiger partial charge in [-0.25, -0.2) is 0 Å². The van der Waals surface area contributed by atoms with E-state index in [2.05, 4.69) is 0 Å². The molecule has 0 bridgehead atoms. The number of aryl methyl sites for hydroxylation is 1. The quantitative estimate of drug-likeness (QED) is 0.834. The number of hydrogen-bond acceptors (Lipinski definition) is 3. The van der Waals surface area contributed by atoms with Gasteiger partial charge in [0.2, 0.25) is 5.91 Å². The number of carbonyl (C=O) groups is 1. The average Bonchev–Trinajstić information content (AvgIpc) is 2.37. The molecule has 1 amide bonds. The van der Waals surface area contributed by atoms with Crippen LogP contribution in [0.5, 0.6) is 5.75 Å². The largest absolute Gasteiger partial charge is 0.491 e. The van der Waals surface area contributed by atoms with Crippen LogP contribution < -0.4 is 4.74 Å². The lowest BCUT2D eigenvalue weighted by atomic mass is 10.2. The third-order valence-corrected chi connectivity index (χ3v) is 3.21. The molecule has 0 spiro atoms. The van der Waals surface area contributed by atoms with Gasteiger partial charge in [0.15, 0.2) is 0 Å². The third kappa shape index (κ3) is 3.70. The van der Waals surface area contributed by atoms with E-state index in [1.165, 1.54) is 5.56 Å². The van der Waals surface area contributed by atoms with Gasteiger partial charge in [0.1, 0.15) is 25.1 Å². The fraction of sp³-hybridized carbons (Fsp3) is 0.533. The summed E-state index contributed by atoms with van der Waals surface area (Å²) < 4.78 is 11.2. The Kier molecular flexibility index (Phi) is 4.43. The van der Waals surface area contributed by atoms with E-state index in [1.807, 2.05) is 49.9 Å². The zero-order valence-corrected chi connectivity index (χ0v) is 11.8. The lowest BCUT2D eigenvalue weighted by molar-refractivity contribution is -0.153. The van der Waals surface area contributed by atoms with Crippen molar-refractivity contribution >= 4 is 5.91 Å². The highest BCUT2D eigenvalue weighted by Gasteiger charge is 2.28. The minimum absolute atomic E-state index is 0.0550. The molecule has 0 aliphatic carbocycles. The van der Waals surface area contributed by atoms with E-state index in [0.717, 1.165) is 5.75 Å². The van der Waals surface area contributed by atoms with Crippen LogP contribution in [0.4, 0.5) is 0 Å². The molecule has 1 heterocycles. The van der Waals surface area contributed by atoms with Crippen molar-refractivity contribution in [2.45, 2.75) is 32.9 Å². The SMILES string of the molecule is Cc1cccc(OC[C@H]2CN(C(C)C)C(=O)CO2)c1. The molecule has 2 rings (SSSR count). The number of hydrogen-bond donors (Lipinski definition) is 0. The van der Waals surface area contributed by atoms with Gasteiger partial charge in [-0.2, -0.15) is 0 Å². The lowest BCUT2D eigenvalue weighted by Gasteiger charge is -2.35. The van der Waals surface area contributed by atoms with Gasteiger partial charge >= 0.3 is 0 Å².